The van der Waals surface area contributed by atoms with Crippen LogP contribution in [-0.4, -0.2) is 74.0 Å². The molecule has 1 aliphatic rings. The van der Waals surface area contributed by atoms with E-state index in [1.807, 2.05) is 26.1 Å². The van der Waals surface area contributed by atoms with Crippen molar-refractivity contribution in [3.8, 4) is 5.75 Å². The molecule has 0 aliphatic carbocycles. The van der Waals surface area contributed by atoms with Gasteiger partial charge in [0.1, 0.15) is 11.9 Å². The number of para-hydroxylation sites is 2. The second-order valence-electron chi connectivity index (χ2n) is 12.2. The Bertz CT molecular complexity index is 1850. The first-order valence-corrected chi connectivity index (χ1v) is 17.2. The van der Waals surface area contributed by atoms with Crippen molar-refractivity contribution in [1.29, 1.82) is 0 Å². The van der Waals surface area contributed by atoms with Crippen LogP contribution in [0.2, 0.25) is 0 Å². The molecule has 4 aromatic rings. The Kier molecular flexibility index (Phi) is 10.7. The number of ether oxygens (including phenoxy) is 1. The molecule has 3 atom stereocenters. The zero-order valence-corrected chi connectivity index (χ0v) is 28.0. The quantitative estimate of drug-likeness (QED) is 0.168. The van der Waals surface area contributed by atoms with Crippen LogP contribution in [0.5, 0.6) is 5.75 Å². The number of hydrogen-bond acceptors (Lipinski definition) is 8. The van der Waals surface area contributed by atoms with Crippen molar-refractivity contribution in [2.45, 2.75) is 37.4 Å². The van der Waals surface area contributed by atoms with Crippen molar-refractivity contribution >= 4 is 38.9 Å². The van der Waals surface area contributed by atoms with Gasteiger partial charge in [-0.15, -0.1) is 0 Å². The van der Waals surface area contributed by atoms with Crippen LogP contribution in [0.3, 0.4) is 0 Å². The number of aliphatic hydroxyl groups excluding tert-OH is 1. The summed E-state index contributed by atoms with van der Waals surface area (Å²) in [5.41, 5.74) is 8.92. The van der Waals surface area contributed by atoms with Crippen LogP contribution in [0.4, 0.5) is 17.1 Å². The highest BCUT2D eigenvalue weighted by Gasteiger charge is 2.34. The second kappa shape index (κ2) is 14.9. The Labute approximate surface area is 281 Å². The predicted octanol–water partition coefficient (Wildman–Crippen LogP) is 4.67. The second-order valence-corrected chi connectivity index (χ2v) is 13.9. The number of rotatable bonds is 11. The lowest BCUT2D eigenvalue weighted by molar-refractivity contribution is 0.0341. The topological polar surface area (TPSA) is 154 Å². The van der Waals surface area contributed by atoms with Crippen molar-refractivity contribution in [2.24, 2.45) is 5.92 Å². The monoisotopic (exact) mass is 671 g/mol. The van der Waals surface area contributed by atoms with Gasteiger partial charge < -0.3 is 25.8 Å². The van der Waals surface area contributed by atoms with Crippen molar-refractivity contribution in [2.75, 3.05) is 42.5 Å². The number of anilines is 3. The van der Waals surface area contributed by atoms with E-state index < -0.39 is 16.1 Å². The van der Waals surface area contributed by atoms with Gasteiger partial charge in [-0.05, 0) is 74.1 Å². The number of carbonyl (C=O) groups is 2. The van der Waals surface area contributed by atoms with Gasteiger partial charge in [0.05, 0.1) is 34.5 Å². The average molecular weight is 672 g/mol. The lowest BCUT2D eigenvalue weighted by Crippen LogP contribution is -2.49. The average Bonchev–Trinajstić information content (AvgIpc) is 3.07. The molecule has 0 bridgehead atoms. The summed E-state index contributed by atoms with van der Waals surface area (Å²) in [4.78, 5) is 30.4. The van der Waals surface area contributed by atoms with Crippen LogP contribution in [-0.2, 0) is 16.6 Å². The molecule has 12 heteroatoms. The van der Waals surface area contributed by atoms with Gasteiger partial charge in [0.25, 0.3) is 21.8 Å². The molecule has 11 nitrogen and oxygen atoms in total. The fraction of sp³-hybridized carbons (Fsp3) is 0.278. The van der Waals surface area contributed by atoms with E-state index in [0.29, 0.717) is 42.3 Å². The zero-order chi connectivity index (χ0) is 34.4. The lowest BCUT2D eigenvalue weighted by atomic mass is 9.99. The highest BCUT2D eigenvalue weighted by molar-refractivity contribution is 7.92. The minimum absolute atomic E-state index is 0.0991. The number of nitrogens with zero attached hydrogens (tertiary/aromatic N) is 2. The van der Waals surface area contributed by atoms with Crippen molar-refractivity contribution < 1.29 is 27.9 Å². The van der Waals surface area contributed by atoms with Gasteiger partial charge in [0.15, 0.2) is 0 Å². The first-order valence-electron chi connectivity index (χ1n) is 15.7. The summed E-state index contributed by atoms with van der Waals surface area (Å²) < 4.78 is 35.0. The minimum atomic E-state index is -3.89. The summed E-state index contributed by atoms with van der Waals surface area (Å²) in [6.07, 6.45) is -0.344. The summed E-state index contributed by atoms with van der Waals surface area (Å²) in [5, 5.41) is 12.8. The number of aliphatic hydroxyl groups is 1. The first kappa shape index (κ1) is 34.4. The Morgan fingerprint density at radius 3 is 2.42 bits per heavy atom. The number of nitrogen functional groups attached to an aromatic ring is 1. The summed E-state index contributed by atoms with van der Waals surface area (Å²) >= 11 is 0. The molecule has 0 spiro atoms. The fourth-order valence-electron chi connectivity index (χ4n) is 5.57. The number of amides is 2. The third kappa shape index (κ3) is 8.14. The highest BCUT2D eigenvalue weighted by Crippen LogP contribution is 2.31. The van der Waals surface area contributed by atoms with Gasteiger partial charge in [-0.25, -0.2) is 8.42 Å². The third-order valence-corrected chi connectivity index (χ3v) is 9.74. The van der Waals surface area contributed by atoms with Gasteiger partial charge in [0.2, 0.25) is 0 Å². The fourth-order valence-corrected chi connectivity index (χ4v) is 6.64. The Morgan fingerprint density at radius 2 is 1.73 bits per heavy atom. The molecule has 5 rings (SSSR count). The number of likely N-dealkylation sites (N-methyl/N-ethyl adjacent to an activating group) is 1. The Hall–Kier alpha value is -4.91. The van der Waals surface area contributed by atoms with Crippen LogP contribution in [0.25, 0.3) is 0 Å². The summed E-state index contributed by atoms with van der Waals surface area (Å²) in [7, 11) is -1.92. The van der Waals surface area contributed by atoms with E-state index in [1.165, 1.54) is 18.2 Å². The van der Waals surface area contributed by atoms with E-state index in [-0.39, 0.29) is 46.6 Å². The van der Waals surface area contributed by atoms with Gasteiger partial charge in [-0.1, -0.05) is 49.4 Å². The van der Waals surface area contributed by atoms with E-state index in [1.54, 1.807) is 78.6 Å². The SMILES string of the molecule is C[C@@H]1CN([C@H](C)CO)C(=O)c2cc(NS(=O)(=O)c3ccccc3)ccc2O[C@@H]1CN(C)Cc1ccc(C(=O)Nc2ccccc2N)cc1. The molecule has 0 unspecified atom stereocenters. The molecule has 4 aromatic carbocycles. The number of nitrogens with one attached hydrogen (secondary N) is 2. The summed E-state index contributed by atoms with van der Waals surface area (Å²) in [5.74, 6) is -0.385. The van der Waals surface area contributed by atoms with Crippen LogP contribution in [0, 0.1) is 5.92 Å². The number of sulfonamides is 1. The minimum Gasteiger partial charge on any atom is -0.488 e. The van der Waals surface area contributed by atoms with Gasteiger partial charge in [-0.3, -0.25) is 19.2 Å². The zero-order valence-electron chi connectivity index (χ0n) is 27.2. The number of benzene rings is 4. The highest BCUT2D eigenvalue weighted by atomic mass is 32.2. The lowest BCUT2D eigenvalue weighted by Gasteiger charge is -2.38. The molecule has 252 valence electrons. The molecular weight excluding hydrogens is 630 g/mol. The van der Waals surface area contributed by atoms with Crippen LogP contribution in [0.1, 0.15) is 40.1 Å². The molecule has 1 aliphatic heterocycles. The van der Waals surface area contributed by atoms with Crippen LogP contribution >= 0.6 is 0 Å². The predicted molar refractivity (Wildman–Crippen MR) is 186 cm³/mol. The van der Waals surface area contributed by atoms with Gasteiger partial charge in [0, 0.05) is 36.8 Å². The maximum Gasteiger partial charge on any atom is 0.261 e. The van der Waals surface area contributed by atoms with Gasteiger partial charge in [-0.2, -0.15) is 0 Å². The van der Waals surface area contributed by atoms with E-state index in [2.05, 4.69) is 14.9 Å². The first-order chi connectivity index (χ1) is 22.9. The largest absolute Gasteiger partial charge is 0.488 e. The summed E-state index contributed by atoms with van der Waals surface area (Å²) in [6.45, 7) is 4.95. The molecule has 5 N–H and O–H groups in total. The van der Waals surface area contributed by atoms with Gasteiger partial charge >= 0.3 is 0 Å². The molecule has 0 fully saturated rings. The van der Waals surface area contributed by atoms with Crippen molar-refractivity contribution in [3.63, 3.8) is 0 Å². The van der Waals surface area contributed by atoms with Crippen molar-refractivity contribution in [1.82, 2.24) is 9.80 Å². The van der Waals surface area contributed by atoms with Crippen LogP contribution < -0.4 is 20.5 Å². The molecule has 0 radical (unpaired) electrons. The standard InChI is InChI=1S/C36H41N5O6S/c1-24-20-41(25(2)23-42)36(44)30-19-28(39-48(45,46)29-9-5-4-6-10-29)17-18-33(30)47-34(24)22-40(3)21-26-13-15-27(16-14-26)35(43)38-32-12-8-7-11-31(32)37/h4-19,24-25,34,39,42H,20-23,37H2,1-3H3,(H,38,43)/t24-,25-,34-/m1/s1. The van der Waals surface area contributed by atoms with Crippen LogP contribution in [0.15, 0.2) is 102 Å². The molecule has 48 heavy (non-hydrogen) atoms. The molecular formula is C36H41N5O6S. The molecule has 2 amide bonds. The maximum atomic E-state index is 13.8. The molecule has 1 heterocycles. The smallest absolute Gasteiger partial charge is 0.261 e. The van der Waals surface area contributed by atoms with E-state index >= 15 is 0 Å². The molecule has 0 saturated carbocycles. The number of carbonyl (C=O) groups excluding carboxylic acids is 2. The van der Waals surface area contributed by atoms with E-state index in [0.717, 1.165) is 5.56 Å². The number of nitrogens with two attached hydrogens (primary N) is 1. The number of hydrogen-bond donors (Lipinski definition) is 4. The van der Waals surface area contributed by atoms with E-state index in [4.69, 9.17) is 10.5 Å². The third-order valence-electron chi connectivity index (χ3n) is 8.34. The Morgan fingerprint density at radius 1 is 1.04 bits per heavy atom. The van der Waals surface area contributed by atoms with E-state index in [9.17, 15) is 23.1 Å². The molecule has 0 saturated heterocycles. The normalized spacial score (nSPS) is 17.1. The molecule has 0 aromatic heterocycles. The number of fused-ring (bicyclic) bond motifs is 1. The van der Waals surface area contributed by atoms with Crippen molar-refractivity contribution in [3.05, 3.63) is 114 Å². The Balaban J connectivity index is 1.32. The maximum absolute atomic E-state index is 13.8. The summed E-state index contributed by atoms with van der Waals surface area (Å²) in [6, 6.07) is 26.6.